The molecule has 0 aliphatic carbocycles. The molecule has 0 unspecified atom stereocenters. The van der Waals surface area contributed by atoms with E-state index in [0.717, 1.165) is 38.4 Å². The van der Waals surface area contributed by atoms with Crippen molar-refractivity contribution in [3.8, 4) is 22.8 Å². The van der Waals surface area contributed by atoms with Crippen LogP contribution in [0.3, 0.4) is 0 Å². The number of hydrogen-bond acceptors (Lipinski definition) is 9. The van der Waals surface area contributed by atoms with Crippen LogP contribution in [-0.4, -0.2) is 63.1 Å². The van der Waals surface area contributed by atoms with Gasteiger partial charge in [-0.3, -0.25) is 4.79 Å². The number of fused-ring (bicyclic) bond motifs is 1. The molecule has 39 heavy (non-hydrogen) atoms. The van der Waals surface area contributed by atoms with Gasteiger partial charge in [-0.05, 0) is 36.9 Å². The lowest BCUT2D eigenvalue weighted by Gasteiger charge is -2.35. The molecule has 0 atom stereocenters. The highest BCUT2D eigenvalue weighted by molar-refractivity contribution is 5.88. The summed E-state index contributed by atoms with van der Waals surface area (Å²) in [5.74, 6) is -2.50. The molecule has 2 aromatic carbocycles. The first-order valence-electron chi connectivity index (χ1n) is 12.5. The molecule has 0 spiro atoms. The van der Waals surface area contributed by atoms with E-state index in [-0.39, 0.29) is 29.1 Å². The fourth-order valence-corrected chi connectivity index (χ4v) is 4.81. The minimum absolute atomic E-state index is 0.0608. The number of nitrogens with two attached hydrogens (primary N) is 1. The zero-order valence-electron chi connectivity index (χ0n) is 21.9. The van der Waals surface area contributed by atoms with Crippen molar-refractivity contribution in [2.75, 3.05) is 62.9 Å². The second-order valence-electron chi connectivity index (χ2n) is 9.11. The molecular weight excluding hydrogens is 508 g/mol. The third-order valence-corrected chi connectivity index (χ3v) is 6.95. The van der Waals surface area contributed by atoms with Crippen LogP contribution in [0, 0.1) is 11.6 Å². The van der Waals surface area contributed by atoms with E-state index in [2.05, 4.69) is 27.0 Å². The molecule has 3 N–H and O–H groups in total. The van der Waals surface area contributed by atoms with Crippen LogP contribution in [0.2, 0.25) is 0 Å². The van der Waals surface area contributed by atoms with Crippen LogP contribution in [0.5, 0.6) is 11.5 Å². The first-order valence-corrected chi connectivity index (χ1v) is 12.5. The number of hydrogen-bond donors (Lipinski definition) is 2. The minimum Gasteiger partial charge on any atom is -0.493 e. The number of furan rings is 1. The predicted molar refractivity (Wildman–Crippen MR) is 146 cm³/mol. The molecule has 1 saturated heterocycles. The molecule has 0 saturated carbocycles. The van der Waals surface area contributed by atoms with Gasteiger partial charge in [0.25, 0.3) is 0 Å². The summed E-state index contributed by atoms with van der Waals surface area (Å²) in [4.78, 5) is 20.6. The Morgan fingerprint density at radius 2 is 1.74 bits per heavy atom. The number of carbonyl (C=O) groups excluding carboxylic acids is 1. The number of carbonyl (C=O) groups is 1. The molecule has 1 fully saturated rings. The Labute approximate surface area is 224 Å². The Bertz CT molecular complexity index is 1500. The van der Waals surface area contributed by atoms with Crippen molar-refractivity contribution in [1.29, 1.82) is 0 Å². The van der Waals surface area contributed by atoms with E-state index >= 15 is 0 Å². The third-order valence-electron chi connectivity index (χ3n) is 6.95. The molecule has 204 valence electrons. The summed E-state index contributed by atoms with van der Waals surface area (Å²) in [7, 11) is 2.41. The second kappa shape index (κ2) is 10.8. The van der Waals surface area contributed by atoms with Gasteiger partial charge in [0.1, 0.15) is 22.7 Å². The summed E-state index contributed by atoms with van der Waals surface area (Å²) < 4.78 is 45.8. The lowest BCUT2D eigenvalue weighted by molar-refractivity contribution is 0.111. The molecule has 3 heterocycles. The quantitative estimate of drug-likeness (QED) is 0.235. The van der Waals surface area contributed by atoms with Gasteiger partial charge >= 0.3 is 0 Å². The Morgan fingerprint density at radius 1 is 1.05 bits per heavy atom. The van der Waals surface area contributed by atoms with Gasteiger partial charge in [0.15, 0.2) is 35.0 Å². The van der Waals surface area contributed by atoms with E-state index in [0.29, 0.717) is 28.3 Å². The molecule has 11 heteroatoms. The van der Waals surface area contributed by atoms with Gasteiger partial charge < -0.3 is 34.7 Å². The first kappa shape index (κ1) is 26.2. The summed E-state index contributed by atoms with van der Waals surface area (Å²) >= 11 is 0. The minimum atomic E-state index is -1.15. The summed E-state index contributed by atoms with van der Waals surface area (Å²) in [5.41, 5.74) is 8.60. The van der Waals surface area contributed by atoms with Crippen LogP contribution in [0.25, 0.3) is 22.4 Å². The number of ether oxygens (including phenoxy) is 2. The number of methoxy groups -OCH3 is 2. The van der Waals surface area contributed by atoms with E-state index in [1.165, 1.54) is 20.3 Å². The number of piperazine rings is 1. The number of nitrogen functional groups attached to an aromatic ring is 1. The predicted octanol–water partition coefficient (Wildman–Crippen LogP) is 5.07. The second-order valence-corrected chi connectivity index (χ2v) is 9.11. The lowest BCUT2D eigenvalue weighted by Crippen LogP contribution is -2.46. The molecule has 5 rings (SSSR count). The first-order chi connectivity index (χ1) is 18.9. The van der Waals surface area contributed by atoms with Crippen molar-refractivity contribution in [2.45, 2.75) is 6.92 Å². The molecule has 1 aliphatic rings. The van der Waals surface area contributed by atoms with Gasteiger partial charge in [-0.2, -0.15) is 0 Å². The number of halogens is 2. The topological polar surface area (TPSA) is 106 Å². The maximum absolute atomic E-state index is 14.8. The number of nitrogens with zero attached hydrogens (tertiary/aromatic N) is 3. The average molecular weight is 538 g/mol. The van der Waals surface area contributed by atoms with Crippen molar-refractivity contribution in [1.82, 2.24) is 9.88 Å². The molecule has 4 aromatic rings. The van der Waals surface area contributed by atoms with Crippen molar-refractivity contribution in [2.24, 2.45) is 0 Å². The highest BCUT2D eigenvalue weighted by Gasteiger charge is 2.29. The molecule has 0 amide bonds. The number of aromatic nitrogens is 1. The van der Waals surface area contributed by atoms with E-state index in [9.17, 15) is 13.6 Å². The van der Waals surface area contributed by atoms with Crippen LogP contribution in [0.4, 0.5) is 31.7 Å². The van der Waals surface area contributed by atoms with Crippen molar-refractivity contribution in [3.05, 3.63) is 53.6 Å². The van der Waals surface area contributed by atoms with Gasteiger partial charge in [-0.15, -0.1) is 0 Å². The maximum atomic E-state index is 14.8. The lowest BCUT2D eigenvalue weighted by atomic mass is 10.0. The third kappa shape index (κ3) is 4.81. The number of benzene rings is 2. The fourth-order valence-electron chi connectivity index (χ4n) is 4.81. The van der Waals surface area contributed by atoms with Crippen molar-refractivity contribution >= 4 is 40.3 Å². The largest absolute Gasteiger partial charge is 0.493 e. The molecule has 9 nitrogen and oxygen atoms in total. The van der Waals surface area contributed by atoms with E-state index in [1.54, 1.807) is 12.1 Å². The summed E-state index contributed by atoms with van der Waals surface area (Å²) in [5, 5.41) is 3.23. The molecule has 1 aliphatic heterocycles. The number of nitrogens with one attached hydrogen (secondary N) is 1. The summed E-state index contributed by atoms with van der Waals surface area (Å²) in [6.07, 6.45) is 0.0717. The highest BCUT2D eigenvalue weighted by atomic mass is 19.1. The molecule has 2 aromatic heterocycles. The van der Waals surface area contributed by atoms with Crippen LogP contribution >= 0.6 is 0 Å². The number of aldehydes is 1. The molecule has 0 radical (unpaired) electrons. The van der Waals surface area contributed by atoms with Crippen LogP contribution in [-0.2, 0) is 0 Å². The smallest absolute Gasteiger partial charge is 0.179 e. The summed E-state index contributed by atoms with van der Waals surface area (Å²) in [6, 6.07) is 10.8. The highest BCUT2D eigenvalue weighted by Crippen LogP contribution is 2.45. The van der Waals surface area contributed by atoms with Crippen LogP contribution in [0.1, 0.15) is 17.3 Å². The number of anilines is 4. The fraction of sp³-hybridized carbons (Fsp3) is 0.286. The number of likely N-dealkylation sites (N-methyl/N-ethyl adjacent to an activating group) is 1. The van der Waals surface area contributed by atoms with Gasteiger partial charge in [0.2, 0.25) is 0 Å². The maximum Gasteiger partial charge on any atom is 0.179 e. The number of pyridine rings is 1. The monoisotopic (exact) mass is 537 g/mol. The Hall–Kier alpha value is -4.38. The normalized spacial score (nSPS) is 14.0. The van der Waals surface area contributed by atoms with Crippen LogP contribution in [0.15, 0.2) is 40.8 Å². The zero-order chi connectivity index (χ0) is 27.7. The molecular formula is C28H29F2N5O4. The Morgan fingerprint density at radius 3 is 2.33 bits per heavy atom. The van der Waals surface area contributed by atoms with Crippen LogP contribution < -0.4 is 25.4 Å². The van der Waals surface area contributed by atoms with Gasteiger partial charge in [-0.1, -0.05) is 6.92 Å². The van der Waals surface area contributed by atoms with E-state index in [1.807, 2.05) is 18.2 Å². The van der Waals surface area contributed by atoms with Gasteiger partial charge in [-0.25, -0.2) is 13.8 Å². The standard InChI is InChI=1S/C28H29F2N5O4/c1-4-34-9-11-35(12-10-34)16-5-6-19(18(31)13-16)32-23-8-7-21-20(33-23)14-22(39-21)24-27(37-2)25(29)17(15-36)26(30)28(24)38-3/h5-8,13-15H,4,9-12,31H2,1-3H3,(H,32,33). The zero-order valence-corrected chi connectivity index (χ0v) is 21.9. The van der Waals surface area contributed by atoms with Crippen molar-refractivity contribution in [3.63, 3.8) is 0 Å². The molecule has 0 bridgehead atoms. The average Bonchev–Trinajstić information content (AvgIpc) is 3.37. The SMILES string of the molecule is CCN1CCN(c2ccc(Nc3ccc4oc(-c5c(OC)c(F)c(C=O)c(F)c5OC)cc4n3)c(N)c2)CC1. The van der Waals surface area contributed by atoms with E-state index in [4.69, 9.17) is 19.6 Å². The number of rotatable bonds is 8. The van der Waals surface area contributed by atoms with E-state index < -0.39 is 17.2 Å². The van der Waals surface area contributed by atoms with Gasteiger partial charge in [0, 0.05) is 37.9 Å². The van der Waals surface area contributed by atoms with Gasteiger partial charge in [0.05, 0.1) is 31.2 Å². The van der Waals surface area contributed by atoms with Crippen molar-refractivity contribution < 1.29 is 27.5 Å². The Kier molecular flexibility index (Phi) is 7.25. The summed E-state index contributed by atoms with van der Waals surface area (Å²) in [6.45, 7) is 7.15. The Balaban J connectivity index is 1.43.